The Morgan fingerprint density at radius 3 is 2.70 bits per heavy atom. The average Bonchev–Trinajstić information content (AvgIpc) is 3.12. The fraction of sp³-hybridized carbons (Fsp3) is 0.0417. The van der Waals surface area contributed by atoms with Crippen molar-refractivity contribution in [2.75, 3.05) is 0 Å². The molecule has 3 aromatic carbocycles. The van der Waals surface area contributed by atoms with E-state index < -0.39 is 0 Å². The van der Waals surface area contributed by atoms with Crippen molar-refractivity contribution >= 4 is 45.6 Å². The lowest BCUT2D eigenvalue weighted by Crippen LogP contribution is -2.17. The summed E-state index contributed by atoms with van der Waals surface area (Å²) in [6.45, 7) is 0.638. The maximum atomic E-state index is 12.3. The number of aromatic nitrogens is 1. The van der Waals surface area contributed by atoms with Gasteiger partial charge in [-0.15, -0.1) is 0 Å². The number of benzene rings is 3. The fourth-order valence-corrected chi connectivity index (χ4v) is 3.63. The van der Waals surface area contributed by atoms with E-state index in [1.54, 1.807) is 24.4 Å². The number of nitrogens with one attached hydrogen (secondary N) is 1. The minimum Gasteiger partial charge on any atom is -0.342 e. The first-order valence-corrected chi connectivity index (χ1v) is 10.4. The predicted octanol–water partition coefficient (Wildman–Crippen LogP) is 4.93. The molecule has 30 heavy (non-hydrogen) atoms. The van der Waals surface area contributed by atoms with Gasteiger partial charge in [-0.2, -0.15) is 10.4 Å². The first-order valence-electron chi connectivity index (χ1n) is 9.30. The summed E-state index contributed by atoms with van der Waals surface area (Å²) in [4.78, 5) is 12.3. The van der Waals surface area contributed by atoms with Crippen molar-refractivity contribution in [1.82, 2.24) is 9.99 Å². The molecule has 5 nitrogen and oxygen atoms in total. The van der Waals surface area contributed by atoms with E-state index >= 15 is 0 Å². The van der Waals surface area contributed by atoms with Gasteiger partial charge in [-0.1, -0.05) is 30.3 Å². The van der Waals surface area contributed by atoms with Crippen LogP contribution in [-0.2, 0) is 6.54 Å². The van der Waals surface area contributed by atoms with Crippen molar-refractivity contribution in [3.05, 3.63) is 105 Å². The molecule has 146 valence electrons. The Kier molecular flexibility index (Phi) is 5.91. The monoisotopic (exact) mass is 504 g/mol. The van der Waals surface area contributed by atoms with E-state index in [0.29, 0.717) is 17.7 Å². The summed E-state index contributed by atoms with van der Waals surface area (Å²) in [6, 6.07) is 25.1. The van der Waals surface area contributed by atoms with Gasteiger partial charge in [-0.3, -0.25) is 4.79 Å². The molecule has 0 aliphatic rings. The predicted molar refractivity (Wildman–Crippen MR) is 126 cm³/mol. The lowest BCUT2D eigenvalue weighted by atomic mass is 10.1. The molecule has 0 bridgehead atoms. The highest BCUT2D eigenvalue weighted by molar-refractivity contribution is 14.1. The number of carbonyl (C=O) groups excluding carboxylic acids is 1. The molecule has 1 heterocycles. The number of hydrogen-bond donors (Lipinski definition) is 1. The van der Waals surface area contributed by atoms with Crippen LogP contribution in [0, 0.1) is 14.9 Å². The first kappa shape index (κ1) is 19.9. The van der Waals surface area contributed by atoms with Gasteiger partial charge in [0.15, 0.2) is 0 Å². The van der Waals surface area contributed by atoms with E-state index in [2.05, 4.69) is 43.8 Å². The summed E-state index contributed by atoms with van der Waals surface area (Å²) in [6.07, 6.45) is 3.67. The summed E-state index contributed by atoms with van der Waals surface area (Å²) in [7, 11) is 0. The Balaban J connectivity index is 1.57. The molecule has 1 N–H and O–H groups in total. The van der Waals surface area contributed by atoms with Gasteiger partial charge in [-0.05, 0) is 70.6 Å². The van der Waals surface area contributed by atoms with Crippen LogP contribution in [0.2, 0.25) is 0 Å². The van der Waals surface area contributed by atoms with Gasteiger partial charge >= 0.3 is 0 Å². The standard InChI is InChI=1S/C24H17IN4O/c25-21-10-8-19(9-11-21)24(30)28-27-14-20-16-29(23-7-2-1-6-22(20)23)15-18-5-3-4-17(12-18)13-26/h1-12,14,16H,15H2,(H,28,30)/b27-14-. The maximum absolute atomic E-state index is 12.3. The third-order valence-corrected chi connectivity index (χ3v) is 5.42. The molecule has 0 atom stereocenters. The quantitative estimate of drug-likeness (QED) is 0.238. The number of halogens is 1. The molecule has 4 rings (SSSR count). The van der Waals surface area contributed by atoms with E-state index in [4.69, 9.17) is 5.26 Å². The number of rotatable bonds is 5. The van der Waals surface area contributed by atoms with Gasteiger partial charge in [0.25, 0.3) is 5.91 Å². The Hall–Kier alpha value is -3.44. The van der Waals surface area contributed by atoms with Gasteiger partial charge in [0.2, 0.25) is 0 Å². The largest absolute Gasteiger partial charge is 0.342 e. The van der Waals surface area contributed by atoms with E-state index in [-0.39, 0.29) is 5.91 Å². The Morgan fingerprint density at radius 2 is 1.90 bits per heavy atom. The summed E-state index contributed by atoms with van der Waals surface area (Å²) in [5.74, 6) is -0.250. The third-order valence-electron chi connectivity index (χ3n) is 4.70. The number of carbonyl (C=O) groups is 1. The molecular formula is C24H17IN4O. The van der Waals surface area contributed by atoms with Crippen molar-refractivity contribution in [3.63, 3.8) is 0 Å². The van der Waals surface area contributed by atoms with Crippen molar-refractivity contribution in [3.8, 4) is 6.07 Å². The van der Waals surface area contributed by atoms with Crippen LogP contribution < -0.4 is 5.43 Å². The maximum Gasteiger partial charge on any atom is 0.271 e. The molecule has 1 aromatic heterocycles. The van der Waals surface area contributed by atoms with E-state index in [1.807, 2.05) is 60.8 Å². The van der Waals surface area contributed by atoms with E-state index in [9.17, 15) is 4.79 Å². The fourth-order valence-electron chi connectivity index (χ4n) is 3.27. The van der Waals surface area contributed by atoms with Crippen molar-refractivity contribution in [1.29, 1.82) is 5.26 Å². The Bertz CT molecular complexity index is 1280. The SMILES string of the molecule is N#Cc1cccc(Cn2cc(/C=N\NC(=O)c3ccc(I)cc3)c3ccccc32)c1. The lowest BCUT2D eigenvalue weighted by molar-refractivity contribution is 0.0955. The van der Waals surface area contributed by atoms with Crippen molar-refractivity contribution in [2.45, 2.75) is 6.54 Å². The average molecular weight is 504 g/mol. The minimum absolute atomic E-state index is 0.250. The minimum atomic E-state index is -0.250. The molecule has 0 radical (unpaired) electrons. The van der Waals surface area contributed by atoms with Gasteiger partial charge in [-0.25, -0.2) is 5.43 Å². The number of fused-ring (bicyclic) bond motifs is 1. The highest BCUT2D eigenvalue weighted by atomic mass is 127. The molecule has 1 amide bonds. The molecule has 0 aliphatic heterocycles. The summed E-state index contributed by atoms with van der Waals surface area (Å²) in [5, 5.41) is 14.3. The number of hydrogen-bond acceptors (Lipinski definition) is 3. The zero-order valence-corrected chi connectivity index (χ0v) is 18.1. The van der Waals surface area contributed by atoms with Crippen molar-refractivity contribution < 1.29 is 4.79 Å². The normalized spacial score (nSPS) is 10.9. The van der Waals surface area contributed by atoms with Crippen LogP contribution >= 0.6 is 22.6 Å². The highest BCUT2D eigenvalue weighted by Crippen LogP contribution is 2.21. The van der Waals surface area contributed by atoms with Gasteiger partial charge in [0.05, 0.1) is 17.8 Å². The van der Waals surface area contributed by atoms with Gasteiger partial charge in [0.1, 0.15) is 0 Å². The smallest absolute Gasteiger partial charge is 0.271 e. The summed E-state index contributed by atoms with van der Waals surface area (Å²) < 4.78 is 3.19. The van der Waals surface area contributed by atoms with Crippen LogP contribution in [0.15, 0.2) is 84.1 Å². The molecule has 0 spiro atoms. The van der Waals surface area contributed by atoms with Crippen LogP contribution in [0.4, 0.5) is 0 Å². The van der Waals surface area contributed by atoms with Crippen LogP contribution in [0.1, 0.15) is 27.0 Å². The molecule has 0 fully saturated rings. The molecule has 0 saturated heterocycles. The van der Waals surface area contributed by atoms with Gasteiger partial charge in [0, 0.05) is 38.3 Å². The molecule has 4 aromatic rings. The second kappa shape index (κ2) is 8.93. The second-order valence-corrected chi connectivity index (χ2v) is 7.99. The number of nitriles is 1. The second-order valence-electron chi connectivity index (χ2n) is 6.75. The number of nitrogens with zero attached hydrogens (tertiary/aromatic N) is 3. The first-order chi connectivity index (χ1) is 14.6. The summed E-state index contributed by atoms with van der Waals surface area (Å²) in [5.41, 5.74) is 6.81. The van der Waals surface area contributed by atoms with Gasteiger partial charge < -0.3 is 4.57 Å². The number of amides is 1. The molecule has 0 unspecified atom stereocenters. The van der Waals surface area contributed by atoms with E-state index in [1.165, 1.54) is 0 Å². The van der Waals surface area contributed by atoms with Crippen LogP contribution in [0.5, 0.6) is 0 Å². The zero-order chi connectivity index (χ0) is 20.9. The van der Waals surface area contributed by atoms with E-state index in [0.717, 1.165) is 25.6 Å². The molecular weight excluding hydrogens is 487 g/mol. The van der Waals surface area contributed by atoms with Crippen LogP contribution in [0.25, 0.3) is 10.9 Å². The van der Waals surface area contributed by atoms with Crippen LogP contribution in [0.3, 0.4) is 0 Å². The molecule has 0 saturated carbocycles. The Morgan fingerprint density at radius 1 is 1.10 bits per heavy atom. The topological polar surface area (TPSA) is 70.2 Å². The summed E-state index contributed by atoms with van der Waals surface area (Å²) >= 11 is 2.20. The number of para-hydroxylation sites is 1. The molecule has 0 aliphatic carbocycles. The van der Waals surface area contributed by atoms with Crippen LogP contribution in [-0.4, -0.2) is 16.7 Å². The zero-order valence-electron chi connectivity index (χ0n) is 15.9. The molecule has 6 heteroatoms. The lowest BCUT2D eigenvalue weighted by Gasteiger charge is -2.05. The Labute approximate surface area is 187 Å². The van der Waals surface area contributed by atoms with Crippen molar-refractivity contribution in [2.24, 2.45) is 5.10 Å². The third kappa shape index (κ3) is 4.42. The number of hydrazone groups is 1. The highest BCUT2D eigenvalue weighted by Gasteiger charge is 2.08.